The second-order valence-corrected chi connectivity index (χ2v) is 6.31. The molecule has 0 saturated heterocycles. The number of anilines is 1. The molecule has 0 radical (unpaired) electrons. The van der Waals surface area contributed by atoms with Crippen LogP contribution in [0.2, 0.25) is 0 Å². The number of rotatable bonds is 6. The second kappa shape index (κ2) is 7.61. The number of nitrogen functional groups attached to an aromatic ring is 1. The van der Waals surface area contributed by atoms with Gasteiger partial charge in [0.2, 0.25) is 0 Å². The fourth-order valence-corrected chi connectivity index (χ4v) is 3.29. The van der Waals surface area contributed by atoms with Crippen molar-refractivity contribution < 1.29 is 9.47 Å². The fraction of sp³-hybridized carbons (Fsp3) is 0.250. The van der Waals surface area contributed by atoms with Gasteiger partial charge in [-0.2, -0.15) is 0 Å². The third kappa shape index (κ3) is 4.32. The van der Waals surface area contributed by atoms with E-state index in [-0.39, 0.29) is 0 Å². The van der Waals surface area contributed by atoms with Crippen LogP contribution < -0.4 is 15.2 Å². The van der Waals surface area contributed by atoms with E-state index in [4.69, 9.17) is 15.2 Å². The third-order valence-electron chi connectivity index (χ3n) is 2.92. The molecule has 0 spiro atoms. The number of nitrogens with two attached hydrogens (primary N) is 1. The molecule has 0 atom stereocenters. The maximum atomic E-state index is 6.03. The molecule has 0 bridgehead atoms. The molecule has 3 nitrogen and oxygen atoms in total. The Kier molecular flexibility index (Phi) is 5.82. The summed E-state index contributed by atoms with van der Waals surface area (Å²) in [5.74, 6) is 2.50. The summed E-state index contributed by atoms with van der Waals surface area (Å²) in [4.78, 5) is 1.02. The zero-order valence-corrected chi connectivity index (χ0v) is 14.5. The van der Waals surface area contributed by atoms with Crippen molar-refractivity contribution in [1.82, 2.24) is 0 Å². The molecule has 2 rings (SSSR count). The summed E-state index contributed by atoms with van der Waals surface area (Å²) in [6.07, 6.45) is 0. The van der Waals surface area contributed by atoms with Crippen molar-refractivity contribution in [1.29, 1.82) is 0 Å². The molecule has 0 aromatic heterocycles. The summed E-state index contributed by atoms with van der Waals surface area (Å²) in [6.45, 7) is 2.61. The monoisotopic (exact) mass is 367 g/mol. The molecule has 0 aliphatic carbocycles. The molecule has 21 heavy (non-hydrogen) atoms. The molecule has 2 N–H and O–H groups in total. The van der Waals surface area contributed by atoms with Crippen molar-refractivity contribution in [3.8, 4) is 11.5 Å². The van der Waals surface area contributed by atoms with Crippen molar-refractivity contribution in [2.45, 2.75) is 17.6 Å². The van der Waals surface area contributed by atoms with Crippen LogP contribution in [-0.2, 0) is 5.75 Å². The Morgan fingerprint density at radius 3 is 2.71 bits per heavy atom. The molecule has 0 saturated carbocycles. The van der Waals surface area contributed by atoms with Crippen LogP contribution in [0.5, 0.6) is 11.5 Å². The van der Waals surface area contributed by atoms with Crippen LogP contribution in [-0.4, -0.2) is 13.7 Å². The van der Waals surface area contributed by atoms with Gasteiger partial charge in [-0.25, -0.2) is 0 Å². The van der Waals surface area contributed by atoms with Gasteiger partial charge in [0.05, 0.1) is 13.7 Å². The van der Waals surface area contributed by atoms with Crippen molar-refractivity contribution in [3.63, 3.8) is 0 Å². The van der Waals surface area contributed by atoms with Gasteiger partial charge in [-0.1, -0.05) is 15.9 Å². The molecule has 0 amide bonds. The first-order chi connectivity index (χ1) is 10.1. The van der Waals surface area contributed by atoms with E-state index in [1.54, 1.807) is 18.9 Å². The molecule has 5 heteroatoms. The highest BCUT2D eigenvalue weighted by Gasteiger charge is 2.07. The van der Waals surface area contributed by atoms with E-state index in [0.717, 1.165) is 37.9 Å². The molecule has 0 fully saturated rings. The van der Waals surface area contributed by atoms with Gasteiger partial charge in [0, 0.05) is 26.4 Å². The summed E-state index contributed by atoms with van der Waals surface area (Å²) < 4.78 is 11.9. The van der Waals surface area contributed by atoms with E-state index in [1.807, 2.05) is 37.3 Å². The van der Waals surface area contributed by atoms with Crippen LogP contribution in [0.15, 0.2) is 45.8 Å². The lowest BCUT2D eigenvalue weighted by molar-refractivity contribution is 0.339. The minimum atomic E-state index is 0.646. The lowest BCUT2D eigenvalue weighted by Gasteiger charge is -2.11. The summed E-state index contributed by atoms with van der Waals surface area (Å²) in [6, 6.07) is 11.7. The summed E-state index contributed by atoms with van der Waals surface area (Å²) >= 11 is 5.16. The van der Waals surface area contributed by atoms with Gasteiger partial charge >= 0.3 is 0 Å². The highest BCUT2D eigenvalue weighted by Crippen LogP contribution is 2.34. The van der Waals surface area contributed by atoms with Gasteiger partial charge in [-0.05, 0) is 43.3 Å². The Balaban J connectivity index is 2.16. The zero-order chi connectivity index (χ0) is 15.2. The molecule has 0 aliphatic rings. The number of methoxy groups -OCH3 is 1. The number of benzene rings is 2. The van der Waals surface area contributed by atoms with Gasteiger partial charge in [0.1, 0.15) is 11.5 Å². The lowest BCUT2D eigenvalue weighted by Crippen LogP contribution is -1.95. The van der Waals surface area contributed by atoms with Crippen LogP contribution >= 0.6 is 27.7 Å². The summed E-state index contributed by atoms with van der Waals surface area (Å²) in [5.41, 5.74) is 7.92. The second-order valence-electron chi connectivity index (χ2n) is 4.38. The molecule has 0 aliphatic heterocycles. The average molecular weight is 368 g/mol. The zero-order valence-electron chi connectivity index (χ0n) is 12.1. The van der Waals surface area contributed by atoms with Gasteiger partial charge < -0.3 is 15.2 Å². The van der Waals surface area contributed by atoms with Crippen LogP contribution in [0.1, 0.15) is 12.5 Å². The summed E-state index contributed by atoms with van der Waals surface area (Å²) in [5, 5.41) is 0. The van der Waals surface area contributed by atoms with E-state index in [9.17, 15) is 0 Å². The molecular weight excluding hydrogens is 350 g/mol. The first-order valence-corrected chi connectivity index (χ1v) is 8.39. The van der Waals surface area contributed by atoms with Gasteiger partial charge in [0.15, 0.2) is 0 Å². The van der Waals surface area contributed by atoms with Crippen LogP contribution in [0.4, 0.5) is 5.69 Å². The standard InChI is InChI=1S/C16H18BrNO2S/c1-3-20-13-5-6-14(18)16(9-13)21-10-11-8-12(17)4-7-15(11)19-2/h4-9H,3,10,18H2,1-2H3. The van der Waals surface area contributed by atoms with Gasteiger partial charge in [-0.15, -0.1) is 11.8 Å². The van der Waals surface area contributed by atoms with Crippen LogP contribution in [0, 0.1) is 0 Å². The van der Waals surface area contributed by atoms with Crippen LogP contribution in [0.25, 0.3) is 0 Å². The Morgan fingerprint density at radius 1 is 1.19 bits per heavy atom. The maximum Gasteiger partial charge on any atom is 0.122 e. The van der Waals surface area contributed by atoms with Crippen molar-refractivity contribution in [2.75, 3.05) is 19.5 Å². The van der Waals surface area contributed by atoms with E-state index in [1.165, 1.54) is 0 Å². The Morgan fingerprint density at radius 2 is 2.00 bits per heavy atom. The Bertz CT molecular complexity index is 619. The van der Waals surface area contributed by atoms with Gasteiger partial charge in [-0.3, -0.25) is 0 Å². The van der Waals surface area contributed by atoms with Crippen molar-refractivity contribution in [3.05, 3.63) is 46.4 Å². The number of halogens is 1. The predicted octanol–water partition coefficient (Wildman–Crippen LogP) is 4.73. The highest BCUT2D eigenvalue weighted by atomic mass is 79.9. The molecule has 0 unspecified atom stereocenters. The SMILES string of the molecule is CCOc1ccc(N)c(SCc2cc(Br)ccc2OC)c1. The van der Waals surface area contributed by atoms with E-state index in [0.29, 0.717) is 6.61 Å². The van der Waals surface area contributed by atoms with Crippen molar-refractivity contribution >= 4 is 33.4 Å². The smallest absolute Gasteiger partial charge is 0.122 e. The predicted molar refractivity (Wildman–Crippen MR) is 92.3 cm³/mol. The number of ether oxygens (including phenoxy) is 2. The van der Waals surface area contributed by atoms with Gasteiger partial charge in [0.25, 0.3) is 0 Å². The fourth-order valence-electron chi connectivity index (χ4n) is 1.91. The number of hydrogen-bond donors (Lipinski definition) is 1. The molecule has 2 aromatic rings. The molecule has 0 heterocycles. The molecular formula is C16H18BrNO2S. The Labute approximate surface area is 138 Å². The Hall–Kier alpha value is -1.33. The van der Waals surface area contributed by atoms with E-state index >= 15 is 0 Å². The van der Waals surface area contributed by atoms with E-state index < -0.39 is 0 Å². The molecule has 112 valence electrons. The van der Waals surface area contributed by atoms with Crippen molar-refractivity contribution in [2.24, 2.45) is 0 Å². The van der Waals surface area contributed by atoms with E-state index in [2.05, 4.69) is 22.0 Å². The normalized spacial score (nSPS) is 10.4. The number of hydrogen-bond acceptors (Lipinski definition) is 4. The molecule has 2 aromatic carbocycles. The maximum absolute atomic E-state index is 6.03. The first kappa shape index (κ1) is 16.0. The minimum Gasteiger partial charge on any atom is -0.496 e. The first-order valence-electron chi connectivity index (χ1n) is 6.61. The largest absolute Gasteiger partial charge is 0.496 e. The quantitative estimate of drug-likeness (QED) is 0.591. The van der Waals surface area contributed by atoms with Crippen LogP contribution in [0.3, 0.4) is 0 Å². The lowest BCUT2D eigenvalue weighted by atomic mass is 10.2. The summed E-state index contributed by atoms with van der Waals surface area (Å²) in [7, 11) is 1.68. The number of thioether (sulfide) groups is 1. The minimum absolute atomic E-state index is 0.646. The highest BCUT2D eigenvalue weighted by molar-refractivity contribution is 9.10. The topological polar surface area (TPSA) is 44.5 Å². The average Bonchev–Trinajstić information content (AvgIpc) is 2.48. The third-order valence-corrected chi connectivity index (χ3v) is 4.53.